The summed E-state index contributed by atoms with van der Waals surface area (Å²) in [7, 11) is 0. The van der Waals surface area contributed by atoms with Gasteiger partial charge in [0.2, 0.25) is 0 Å². The molecule has 0 saturated carbocycles. The number of hydrogen-bond donors (Lipinski definition) is 0. The van der Waals surface area contributed by atoms with Gasteiger partial charge in [-0.05, 0) is 44.5 Å². The average Bonchev–Trinajstić information content (AvgIpc) is 3.21. The van der Waals surface area contributed by atoms with E-state index in [1.807, 2.05) is 26.0 Å². The molecular weight excluding hydrogens is 336 g/mol. The van der Waals surface area contributed by atoms with Crippen molar-refractivity contribution in [2.24, 2.45) is 0 Å². The van der Waals surface area contributed by atoms with Gasteiger partial charge in [-0.3, -0.25) is 0 Å². The molecule has 0 heterocycles. The first-order valence-corrected chi connectivity index (χ1v) is 9.63. The molecule has 0 fully saturated rings. The average molecular weight is 365 g/mol. The van der Waals surface area contributed by atoms with E-state index in [2.05, 4.69) is 86.0 Å². The minimum absolute atomic E-state index is 0. The van der Waals surface area contributed by atoms with Crippen LogP contribution in [-0.2, 0) is 5.41 Å². The van der Waals surface area contributed by atoms with Gasteiger partial charge in [0, 0.05) is 0 Å². The van der Waals surface area contributed by atoms with E-state index in [-0.39, 0.29) is 12.8 Å². The van der Waals surface area contributed by atoms with Gasteiger partial charge in [-0.2, -0.15) is 0 Å². The molecule has 0 aromatic heterocycles. The van der Waals surface area contributed by atoms with E-state index < -0.39 is 0 Å². The Labute approximate surface area is 169 Å². The summed E-state index contributed by atoms with van der Waals surface area (Å²) in [6.07, 6.45) is 4.00. The Kier molecular flexibility index (Phi) is 5.25. The van der Waals surface area contributed by atoms with Crippen LogP contribution in [0.1, 0.15) is 43.5 Å². The molecule has 0 N–H and O–H groups in total. The lowest BCUT2D eigenvalue weighted by atomic mass is 9.69. The number of benzene rings is 3. The topological polar surface area (TPSA) is 0 Å². The van der Waals surface area contributed by atoms with E-state index in [1.165, 1.54) is 44.5 Å². The highest BCUT2D eigenvalue weighted by Crippen LogP contribution is 2.61. The first kappa shape index (κ1) is 19.6. The Morgan fingerprint density at radius 2 is 1.00 bits per heavy atom. The fraction of sp³-hybridized carbons (Fsp3) is 0.143. The lowest BCUT2D eigenvalue weighted by molar-refractivity contribution is 0.787. The molecule has 5 rings (SSSR count). The minimum Gasteiger partial charge on any atom is -0.0987 e. The maximum absolute atomic E-state index is 4.18. The van der Waals surface area contributed by atoms with Crippen LogP contribution in [0.5, 0.6) is 0 Å². The zero-order valence-electron chi connectivity index (χ0n) is 16.0. The second kappa shape index (κ2) is 7.48. The highest BCUT2D eigenvalue weighted by atomic mass is 14.5. The first-order chi connectivity index (χ1) is 13.3. The number of hydrogen-bond acceptors (Lipinski definition) is 0. The standard InChI is InChI=1S/C25H18.C2H6.CH4/c1-3-17-18-11-5-8-14-22(18)25(21(17)4-2)23-15-9-6-12-19(23)20-13-7-10-16-24(20)25;1-2;/h3-16H,1-2H2;1-2H3;1H4. The van der Waals surface area contributed by atoms with Crippen LogP contribution in [-0.4, -0.2) is 0 Å². The third-order valence-corrected chi connectivity index (χ3v) is 5.68. The molecule has 0 bridgehead atoms. The van der Waals surface area contributed by atoms with Crippen molar-refractivity contribution in [1.82, 2.24) is 0 Å². The highest BCUT2D eigenvalue weighted by molar-refractivity contribution is 5.97. The zero-order chi connectivity index (χ0) is 19.0. The Balaban J connectivity index is 0.000000728. The molecule has 0 aliphatic heterocycles. The Morgan fingerprint density at radius 1 is 0.607 bits per heavy atom. The zero-order valence-corrected chi connectivity index (χ0v) is 16.0. The van der Waals surface area contributed by atoms with Gasteiger partial charge >= 0.3 is 0 Å². The smallest absolute Gasteiger partial charge is 0.0725 e. The molecule has 140 valence electrons. The quantitative estimate of drug-likeness (QED) is 0.435. The van der Waals surface area contributed by atoms with Crippen LogP contribution in [0.25, 0.3) is 16.7 Å². The highest BCUT2D eigenvalue weighted by Gasteiger charge is 2.51. The van der Waals surface area contributed by atoms with E-state index in [9.17, 15) is 0 Å². The monoisotopic (exact) mass is 364 g/mol. The van der Waals surface area contributed by atoms with Crippen molar-refractivity contribution < 1.29 is 0 Å². The molecule has 1 spiro atoms. The Bertz CT molecular complexity index is 1030. The molecule has 0 saturated heterocycles. The van der Waals surface area contributed by atoms with Crippen LogP contribution in [0, 0.1) is 0 Å². The van der Waals surface area contributed by atoms with Gasteiger partial charge in [0.25, 0.3) is 0 Å². The molecule has 0 amide bonds. The van der Waals surface area contributed by atoms with Crippen molar-refractivity contribution in [3.63, 3.8) is 0 Å². The van der Waals surface area contributed by atoms with Crippen LogP contribution in [0.2, 0.25) is 0 Å². The minimum atomic E-state index is -0.283. The van der Waals surface area contributed by atoms with E-state index in [0.717, 1.165) is 0 Å². The molecule has 3 aromatic carbocycles. The van der Waals surface area contributed by atoms with Crippen LogP contribution < -0.4 is 0 Å². The summed E-state index contributed by atoms with van der Waals surface area (Å²) < 4.78 is 0. The van der Waals surface area contributed by atoms with E-state index in [1.54, 1.807) is 0 Å². The Morgan fingerprint density at radius 3 is 1.43 bits per heavy atom. The lowest BCUT2D eigenvalue weighted by Crippen LogP contribution is -2.26. The molecule has 2 aliphatic rings. The number of allylic oxidation sites excluding steroid dienone is 4. The van der Waals surface area contributed by atoms with Gasteiger partial charge in [0.1, 0.15) is 0 Å². The van der Waals surface area contributed by atoms with Crippen molar-refractivity contribution in [3.8, 4) is 11.1 Å². The first-order valence-electron chi connectivity index (χ1n) is 9.63. The predicted octanol–water partition coefficient (Wildman–Crippen LogP) is 7.80. The molecular formula is C28H28. The molecule has 0 atom stereocenters. The fourth-order valence-corrected chi connectivity index (χ4v) is 4.84. The van der Waals surface area contributed by atoms with Gasteiger partial charge in [-0.15, -0.1) is 0 Å². The lowest BCUT2D eigenvalue weighted by Gasteiger charge is -2.31. The predicted molar refractivity (Wildman–Crippen MR) is 124 cm³/mol. The molecule has 0 nitrogen and oxygen atoms in total. The maximum Gasteiger partial charge on any atom is 0.0725 e. The normalized spacial score (nSPS) is 14.2. The maximum atomic E-state index is 4.18. The van der Waals surface area contributed by atoms with E-state index >= 15 is 0 Å². The molecule has 3 aromatic rings. The third kappa shape index (κ3) is 2.24. The van der Waals surface area contributed by atoms with Crippen molar-refractivity contribution in [2.75, 3.05) is 0 Å². The largest absolute Gasteiger partial charge is 0.0987 e. The molecule has 0 heteroatoms. The van der Waals surface area contributed by atoms with Crippen molar-refractivity contribution in [2.45, 2.75) is 26.7 Å². The summed E-state index contributed by atoms with van der Waals surface area (Å²) in [5.74, 6) is 0. The van der Waals surface area contributed by atoms with Gasteiger partial charge < -0.3 is 0 Å². The van der Waals surface area contributed by atoms with Crippen LogP contribution in [0.4, 0.5) is 0 Å². The molecule has 0 unspecified atom stereocenters. The summed E-state index contributed by atoms with van der Waals surface area (Å²) >= 11 is 0. The fourth-order valence-electron chi connectivity index (χ4n) is 4.84. The summed E-state index contributed by atoms with van der Waals surface area (Å²) in [6.45, 7) is 12.3. The van der Waals surface area contributed by atoms with Crippen molar-refractivity contribution in [1.29, 1.82) is 0 Å². The van der Waals surface area contributed by atoms with E-state index in [4.69, 9.17) is 0 Å². The molecule has 0 radical (unpaired) electrons. The number of rotatable bonds is 2. The second-order valence-corrected chi connectivity index (χ2v) is 6.62. The van der Waals surface area contributed by atoms with Gasteiger partial charge in [-0.25, -0.2) is 0 Å². The second-order valence-electron chi connectivity index (χ2n) is 6.62. The molecule has 2 aliphatic carbocycles. The van der Waals surface area contributed by atoms with Gasteiger partial charge in [0.15, 0.2) is 0 Å². The summed E-state index contributed by atoms with van der Waals surface area (Å²) in [5.41, 5.74) is 10.1. The van der Waals surface area contributed by atoms with Crippen LogP contribution in [0.15, 0.2) is 104 Å². The third-order valence-electron chi connectivity index (χ3n) is 5.68. The van der Waals surface area contributed by atoms with E-state index in [0.29, 0.717) is 0 Å². The Hall–Kier alpha value is -3.12. The number of fused-ring (bicyclic) bond motifs is 7. The SMILES string of the molecule is C.C=CC1=C(C=C)C2(c3ccccc31)c1ccccc1-c1ccccc12.CC. The van der Waals surface area contributed by atoms with Gasteiger partial charge in [-0.1, -0.05) is 119 Å². The van der Waals surface area contributed by atoms with Crippen molar-refractivity contribution >= 4 is 5.57 Å². The van der Waals surface area contributed by atoms with Crippen LogP contribution >= 0.6 is 0 Å². The van der Waals surface area contributed by atoms with Gasteiger partial charge in [0.05, 0.1) is 5.41 Å². The van der Waals surface area contributed by atoms with Crippen molar-refractivity contribution in [3.05, 3.63) is 126 Å². The summed E-state index contributed by atoms with van der Waals surface area (Å²) in [4.78, 5) is 0. The summed E-state index contributed by atoms with van der Waals surface area (Å²) in [5, 5.41) is 0. The van der Waals surface area contributed by atoms with Crippen LogP contribution in [0.3, 0.4) is 0 Å². The summed E-state index contributed by atoms with van der Waals surface area (Å²) in [6, 6.07) is 26.2. The molecule has 28 heavy (non-hydrogen) atoms.